The van der Waals surface area contributed by atoms with Crippen LogP contribution in [0.5, 0.6) is 0 Å². The number of piperidine rings is 1. The van der Waals surface area contributed by atoms with E-state index in [1.54, 1.807) is 23.0 Å². The van der Waals surface area contributed by atoms with Gasteiger partial charge in [0.15, 0.2) is 11.6 Å². The number of fused-ring (bicyclic) bond motifs is 1. The molecular formula is C21H18F3N5O. The molecule has 1 aliphatic rings. The summed E-state index contributed by atoms with van der Waals surface area (Å²) >= 11 is 0. The molecule has 9 heteroatoms. The van der Waals surface area contributed by atoms with E-state index in [4.69, 9.17) is 4.52 Å². The Balaban J connectivity index is 1.32. The van der Waals surface area contributed by atoms with E-state index in [0.717, 1.165) is 25.5 Å². The van der Waals surface area contributed by atoms with Crippen molar-refractivity contribution in [1.29, 1.82) is 0 Å². The van der Waals surface area contributed by atoms with Crippen LogP contribution >= 0.6 is 0 Å². The van der Waals surface area contributed by atoms with E-state index in [9.17, 15) is 13.2 Å². The molecular weight excluding hydrogens is 395 g/mol. The third kappa shape index (κ3) is 3.56. The molecule has 0 radical (unpaired) electrons. The van der Waals surface area contributed by atoms with Gasteiger partial charge in [-0.1, -0.05) is 5.16 Å². The van der Waals surface area contributed by atoms with Gasteiger partial charge in [0.05, 0.1) is 29.9 Å². The van der Waals surface area contributed by atoms with Gasteiger partial charge in [-0.05, 0) is 43.7 Å². The highest BCUT2D eigenvalue weighted by molar-refractivity contribution is 5.75. The summed E-state index contributed by atoms with van der Waals surface area (Å²) in [5, 5.41) is 4.03. The van der Waals surface area contributed by atoms with E-state index >= 15 is 0 Å². The van der Waals surface area contributed by atoms with Gasteiger partial charge in [-0.3, -0.25) is 4.90 Å². The zero-order valence-corrected chi connectivity index (χ0v) is 15.9. The molecule has 6 nitrogen and oxygen atoms in total. The first-order valence-corrected chi connectivity index (χ1v) is 9.68. The topological polar surface area (TPSA) is 60.0 Å². The summed E-state index contributed by atoms with van der Waals surface area (Å²) in [7, 11) is 0. The van der Waals surface area contributed by atoms with Gasteiger partial charge in [0, 0.05) is 24.2 Å². The Bertz CT molecular complexity index is 1190. The predicted molar refractivity (Wildman–Crippen MR) is 103 cm³/mol. The highest BCUT2D eigenvalue weighted by Gasteiger charge is 2.26. The Morgan fingerprint density at radius 3 is 2.70 bits per heavy atom. The molecule has 1 aliphatic heterocycles. The molecule has 154 valence electrons. The van der Waals surface area contributed by atoms with Crippen LogP contribution in [-0.4, -0.2) is 37.7 Å². The van der Waals surface area contributed by atoms with Crippen molar-refractivity contribution in [3.63, 3.8) is 0 Å². The van der Waals surface area contributed by atoms with Crippen LogP contribution in [0, 0.1) is 17.5 Å². The Morgan fingerprint density at radius 2 is 1.87 bits per heavy atom. The summed E-state index contributed by atoms with van der Waals surface area (Å²) in [4.78, 5) is 10.9. The molecule has 0 N–H and O–H groups in total. The van der Waals surface area contributed by atoms with Crippen molar-refractivity contribution in [2.24, 2.45) is 0 Å². The van der Waals surface area contributed by atoms with E-state index in [2.05, 4.69) is 20.0 Å². The highest BCUT2D eigenvalue weighted by atomic mass is 19.2. The number of imidazole rings is 1. The Labute approximate surface area is 169 Å². The van der Waals surface area contributed by atoms with Crippen molar-refractivity contribution in [3.05, 3.63) is 66.1 Å². The van der Waals surface area contributed by atoms with Gasteiger partial charge in [-0.2, -0.15) is 4.98 Å². The Morgan fingerprint density at radius 1 is 1.07 bits per heavy atom. The zero-order chi connectivity index (χ0) is 20.7. The summed E-state index contributed by atoms with van der Waals surface area (Å²) in [6.45, 7) is 2.05. The molecule has 2 aromatic heterocycles. The van der Waals surface area contributed by atoms with Gasteiger partial charge in [0.1, 0.15) is 5.82 Å². The number of halogens is 3. The molecule has 2 aromatic carbocycles. The standard InChI is InChI=1S/C21H18F3N5O/c22-15-5-3-13(4-6-15)20-26-21(30-27-20)14-2-1-7-28(10-14)12-29-11-25-18-8-16(23)17(24)9-19(18)29/h3-6,8-9,11,14H,1-2,7,10,12H2. The fraction of sp³-hybridized carbons (Fsp3) is 0.286. The smallest absolute Gasteiger partial charge is 0.231 e. The lowest BCUT2D eigenvalue weighted by Gasteiger charge is -2.31. The maximum atomic E-state index is 13.7. The predicted octanol–water partition coefficient (Wildman–Crippen LogP) is 4.34. The minimum absolute atomic E-state index is 0.0596. The van der Waals surface area contributed by atoms with Crippen LogP contribution in [-0.2, 0) is 6.67 Å². The number of nitrogens with zero attached hydrogens (tertiary/aromatic N) is 5. The van der Waals surface area contributed by atoms with E-state index in [-0.39, 0.29) is 11.7 Å². The van der Waals surface area contributed by atoms with Crippen molar-refractivity contribution < 1.29 is 17.7 Å². The molecule has 1 fully saturated rings. The van der Waals surface area contributed by atoms with Crippen molar-refractivity contribution in [3.8, 4) is 11.4 Å². The quantitative estimate of drug-likeness (QED) is 0.498. The second-order valence-corrected chi connectivity index (χ2v) is 7.49. The van der Waals surface area contributed by atoms with Crippen LogP contribution in [0.2, 0.25) is 0 Å². The average Bonchev–Trinajstić information content (AvgIpc) is 3.38. The molecule has 3 heterocycles. The summed E-state index contributed by atoms with van der Waals surface area (Å²) in [6, 6.07) is 8.23. The summed E-state index contributed by atoms with van der Waals surface area (Å²) in [6.07, 6.45) is 3.44. The Hall–Kier alpha value is -3.20. The Kier molecular flexibility index (Phi) is 4.74. The summed E-state index contributed by atoms with van der Waals surface area (Å²) < 4.78 is 47.5. The molecule has 0 spiro atoms. The van der Waals surface area contributed by atoms with Crippen LogP contribution in [0.25, 0.3) is 22.4 Å². The summed E-state index contributed by atoms with van der Waals surface area (Å²) in [5.41, 5.74) is 1.66. The first-order valence-electron chi connectivity index (χ1n) is 9.68. The molecule has 1 unspecified atom stereocenters. The number of benzene rings is 2. The van der Waals surface area contributed by atoms with Crippen LogP contribution in [0.4, 0.5) is 13.2 Å². The fourth-order valence-electron chi connectivity index (χ4n) is 3.88. The largest absolute Gasteiger partial charge is 0.339 e. The number of aromatic nitrogens is 4. The second-order valence-electron chi connectivity index (χ2n) is 7.49. The van der Waals surface area contributed by atoms with Crippen LogP contribution in [0.3, 0.4) is 0 Å². The number of hydrogen-bond donors (Lipinski definition) is 0. The first-order chi connectivity index (χ1) is 14.6. The van der Waals surface area contributed by atoms with Gasteiger partial charge in [0.2, 0.25) is 11.7 Å². The summed E-state index contributed by atoms with van der Waals surface area (Å²) in [5.74, 6) is -1.08. The monoisotopic (exact) mass is 413 g/mol. The zero-order valence-electron chi connectivity index (χ0n) is 15.9. The van der Waals surface area contributed by atoms with Gasteiger partial charge in [-0.15, -0.1) is 0 Å². The van der Waals surface area contributed by atoms with Crippen molar-refractivity contribution in [2.45, 2.75) is 25.4 Å². The maximum Gasteiger partial charge on any atom is 0.231 e. The fourth-order valence-corrected chi connectivity index (χ4v) is 3.88. The molecule has 0 bridgehead atoms. The van der Waals surface area contributed by atoms with Gasteiger partial charge < -0.3 is 9.09 Å². The molecule has 0 saturated carbocycles. The van der Waals surface area contributed by atoms with Crippen molar-refractivity contribution >= 4 is 11.0 Å². The van der Waals surface area contributed by atoms with Crippen LogP contribution in [0.15, 0.2) is 47.2 Å². The number of rotatable bonds is 4. The number of likely N-dealkylation sites (tertiary alicyclic amines) is 1. The SMILES string of the molecule is Fc1ccc(-c2noc(C3CCCN(Cn4cnc5cc(F)c(F)cc54)C3)n2)cc1. The van der Waals surface area contributed by atoms with E-state index in [1.165, 1.54) is 18.2 Å². The first kappa shape index (κ1) is 18.8. The molecule has 0 aliphatic carbocycles. The third-order valence-corrected chi connectivity index (χ3v) is 5.41. The molecule has 1 saturated heterocycles. The lowest BCUT2D eigenvalue weighted by Crippen LogP contribution is -2.35. The highest BCUT2D eigenvalue weighted by Crippen LogP contribution is 2.28. The molecule has 0 amide bonds. The number of hydrogen-bond acceptors (Lipinski definition) is 5. The van der Waals surface area contributed by atoms with Crippen LogP contribution < -0.4 is 0 Å². The lowest BCUT2D eigenvalue weighted by molar-refractivity contribution is 0.153. The molecule has 5 rings (SSSR count). The van der Waals surface area contributed by atoms with Crippen molar-refractivity contribution in [2.75, 3.05) is 13.1 Å². The van der Waals surface area contributed by atoms with E-state index < -0.39 is 11.6 Å². The van der Waals surface area contributed by atoms with Gasteiger partial charge >= 0.3 is 0 Å². The van der Waals surface area contributed by atoms with E-state index in [0.29, 0.717) is 41.5 Å². The molecule has 30 heavy (non-hydrogen) atoms. The van der Waals surface area contributed by atoms with E-state index in [1.807, 2.05) is 0 Å². The minimum Gasteiger partial charge on any atom is -0.339 e. The van der Waals surface area contributed by atoms with Crippen molar-refractivity contribution in [1.82, 2.24) is 24.6 Å². The molecule has 4 aromatic rings. The van der Waals surface area contributed by atoms with Crippen LogP contribution in [0.1, 0.15) is 24.7 Å². The minimum atomic E-state index is -0.904. The van der Waals surface area contributed by atoms with Gasteiger partial charge in [-0.25, -0.2) is 18.2 Å². The normalized spacial score (nSPS) is 17.6. The molecule has 1 atom stereocenters. The maximum absolute atomic E-state index is 13.7. The average molecular weight is 413 g/mol. The second kappa shape index (κ2) is 7.56. The lowest BCUT2D eigenvalue weighted by atomic mass is 9.98. The third-order valence-electron chi connectivity index (χ3n) is 5.41. The van der Waals surface area contributed by atoms with Gasteiger partial charge in [0.25, 0.3) is 0 Å².